The molecule has 0 unspecified atom stereocenters. The van der Waals surface area contributed by atoms with E-state index < -0.39 is 0 Å². The van der Waals surface area contributed by atoms with E-state index in [4.69, 9.17) is 11.6 Å². The number of hydrogen-bond acceptors (Lipinski definition) is 5. The second-order valence-electron chi connectivity index (χ2n) is 6.31. The van der Waals surface area contributed by atoms with E-state index in [0.29, 0.717) is 16.7 Å². The van der Waals surface area contributed by atoms with Crippen molar-refractivity contribution in [2.45, 2.75) is 6.54 Å². The summed E-state index contributed by atoms with van der Waals surface area (Å²) < 4.78 is 1.84. The van der Waals surface area contributed by atoms with Crippen LogP contribution in [0.15, 0.2) is 49.1 Å². The predicted octanol–water partition coefficient (Wildman–Crippen LogP) is 2.09. The molecule has 3 aromatic rings. The molecule has 8 heteroatoms. The highest BCUT2D eigenvalue weighted by atomic mass is 35.5. The van der Waals surface area contributed by atoms with Gasteiger partial charge in [-0.2, -0.15) is 0 Å². The first-order valence-corrected chi connectivity index (χ1v) is 9.16. The quantitative estimate of drug-likeness (QED) is 0.747. The van der Waals surface area contributed by atoms with Crippen LogP contribution in [0.3, 0.4) is 0 Å². The number of benzene rings is 1. The molecule has 7 nitrogen and oxygen atoms in total. The fourth-order valence-electron chi connectivity index (χ4n) is 3.05. The van der Waals surface area contributed by atoms with Gasteiger partial charge in [-0.25, -0.2) is 15.0 Å². The van der Waals surface area contributed by atoms with Crippen molar-refractivity contribution in [3.63, 3.8) is 0 Å². The third-order valence-electron chi connectivity index (χ3n) is 4.50. The van der Waals surface area contributed by atoms with Gasteiger partial charge in [0.2, 0.25) is 5.91 Å². The molecular weight excluding hydrogens is 364 g/mol. The molecule has 4 rings (SSSR count). The summed E-state index contributed by atoms with van der Waals surface area (Å²) in [4.78, 5) is 27.6. The van der Waals surface area contributed by atoms with Crippen molar-refractivity contribution in [2.75, 3.05) is 26.2 Å². The maximum atomic E-state index is 12.5. The third kappa shape index (κ3) is 3.99. The molecule has 2 aromatic heterocycles. The van der Waals surface area contributed by atoms with Gasteiger partial charge in [0.15, 0.2) is 5.82 Å². The van der Waals surface area contributed by atoms with E-state index in [2.05, 4.69) is 20.3 Å². The number of halogens is 1. The summed E-state index contributed by atoms with van der Waals surface area (Å²) in [5.74, 6) is 1.39. The van der Waals surface area contributed by atoms with Crippen molar-refractivity contribution >= 4 is 17.5 Å². The molecule has 0 aliphatic carbocycles. The van der Waals surface area contributed by atoms with Crippen LogP contribution in [0.4, 0.5) is 0 Å². The van der Waals surface area contributed by atoms with Gasteiger partial charge >= 0.3 is 0 Å². The van der Waals surface area contributed by atoms with Gasteiger partial charge in [-0.05, 0) is 24.3 Å². The zero-order valence-electron chi connectivity index (χ0n) is 14.7. The van der Waals surface area contributed by atoms with Crippen LogP contribution in [0.5, 0.6) is 0 Å². The Bertz CT molecular complexity index is 916. The van der Waals surface area contributed by atoms with Gasteiger partial charge in [0.25, 0.3) is 0 Å². The Morgan fingerprint density at radius 2 is 1.74 bits per heavy atom. The summed E-state index contributed by atoms with van der Waals surface area (Å²) in [6.07, 6.45) is 6.95. The number of hydrogen-bond donors (Lipinski definition) is 1. The minimum absolute atomic E-state index is 0.0921. The molecule has 1 aromatic carbocycles. The molecule has 0 spiro atoms. The van der Waals surface area contributed by atoms with Crippen molar-refractivity contribution in [2.24, 2.45) is 0 Å². The lowest BCUT2D eigenvalue weighted by Gasteiger charge is -2.27. The maximum absolute atomic E-state index is 12.5. The number of piperazine rings is 1. The van der Waals surface area contributed by atoms with Crippen LogP contribution in [0.25, 0.3) is 22.8 Å². The number of nitrogens with one attached hydrogen (secondary N) is 1. The van der Waals surface area contributed by atoms with Gasteiger partial charge in [0.1, 0.15) is 12.4 Å². The Morgan fingerprint density at radius 3 is 2.44 bits per heavy atom. The number of nitrogens with zero attached hydrogens (tertiary/aromatic N) is 5. The van der Waals surface area contributed by atoms with Crippen LogP contribution in [-0.4, -0.2) is 56.5 Å². The Morgan fingerprint density at radius 1 is 1.04 bits per heavy atom. The van der Waals surface area contributed by atoms with Crippen molar-refractivity contribution in [3.05, 3.63) is 54.1 Å². The molecule has 1 saturated heterocycles. The Hall–Kier alpha value is -2.77. The van der Waals surface area contributed by atoms with E-state index in [1.807, 2.05) is 39.9 Å². The van der Waals surface area contributed by atoms with Crippen LogP contribution in [0, 0.1) is 0 Å². The molecule has 0 radical (unpaired) electrons. The van der Waals surface area contributed by atoms with Crippen LogP contribution in [-0.2, 0) is 11.3 Å². The molecule has 1 amide bonds. The van der Waals surface area contributed by atoms with Crippen LogP contribution >= 0.6 is 11.6 Å². The van der Waals surface area contributed by atoms with E-state index in [9.17, 15) is 4.79 Å². The lowest BCUT2D eigenvalue weighted by molar-refractivity contribution is -0.132. The number of imidazole rings is 1. The lowest BCUT2D eigenvalue weighted by Crippen LogP contribution is -2.47. The number of carbonyl (C=O) groups excluding carboxylic acids is 1. The van der Waals surface area contributed by atoms with Gasteiger partial charge in [0.05, 0.1) is 5.56 Å². The smallest absolute Gasteiger partial charge is 0.242 e. The van der Waals surface area contributed by atoms with Crippen molar-refractivity contribution < 1.29 is 4.79 Å². The first-order valence-electron chi connectivity index (χ1n) is 8.79. The zero-order valence-corrected chi connectivity index (χ0v) is 15.4. The SMILES string of the molecule is O=C(Cn1ccnc1-c1cnc(-c2ccc(Cl)cc2)nc1)N1CCNCC1. The number of carbonyl (C=O) groups is 1. The summed E-state index contributed by atoms with van der Waals surface area (Å²) in [6.45, 7) is 3.41. The van der Waals surface area contributed by atoms with Gasteiger partial charge in [-0.15, -0.1) is 0 Å². The molecule has 3 heterocycles. The van der Waals surface area contributed by atoms with E-state index in [0.717, 1.165) is 37.3 Å². The highest BCUT2D eigenvalue weighted by Crippen LogP contribution is 2.21. The normalized spacial score (nSPS) is 14.3. The predicted molar refractivity (Wildman–Crippen MR) is 103 cm³/mol. The second kappa shape index (κ2) is 7.85. The highest BCUT2D eigenvalue weighted by molar-refractivity contribution is 6.30. The van der Waals surface area contributed by atoms with Crippen molar-refractivity contribution in [1.29, 1.82) is 0 Å². The molecule has 138 valence electrons. The molecule has 1 aliphatic heterocycles. The average Bonchev–Trinajstić information content (AvgIpc) is 3.17. The molecule has 0 saturated carbocycles. The zero-order chi connectivity index (χ0) is 18.6. The Labute approximate surface area is 162 Å². The molecule has 27 heavy (non-hydrogen) atoms. The highest BCUT2D eigenvalue weighted by Gasteiger charge is 2.18. The fourth-order valence-corrected chi connectivity index (χ4v) is 3.17. The van der Waals surface area contributed by atoms with Gasteiger partial charge in [0, 0.05) is 61.6 Å². The van der Waals surface area contributed by atoms with E-state index in [-0.39, 0.29) is 12.5 Å². The van der Waals surface area contributed by atoms with Gasteiger partial charge in [-0.3, -0.25) is 4.79 Å². The summed E-state index contributed by atoms with van der Waals surface area (Å²) in [5.41, 5.74) is 1.66. The van der Waals surface area contributed by atoms with E-state index in [1.54, 1.807) is 18.6 Å². The Balaban J connectivity index is 1.51. The maximum Gasteiger partial charge on any atom is 0.242 e. The number of amides is 1. The fraction of sp³-hybridized carbons (Fsp3) is 0.263. The third-order valence-corrected chi connectivity index (χ3v) is 4.76. The molecule has 1 fully saturated rings. The van der Waals surface area contributed by atoms with Crippen molar-refractivity contribution in [1.82, 2.24) is 29.7 Å². The lowest BCUT2D eigenvalue weighted by atomic mass is 10.2. The summed E-state index contributed by atoms with van der Waals surface area (Å²) >= 11 is 5.92. The first-order chi connectivity index (χ1) is 13.2. The number of aromatic nitrogens is 4. The van der Waals surface area contributed by atoms with Gasteiger partial charge < -0.3 is 14.8 Å². The second-order valence-corrected chi connectivity index (χ2v) is 6.75. The van der Waals surface area contributed by atoms with E-state index in [1.165, 1.54) is 0 Å². The summed E-state index contributed by atoms with van der Waals surface area (Å²) in [6, 6.07) is 7.38. The van der Waals surface area contributed by atoms with Crippen LogP contribution < -0.4 is 5.32 Å². The molecule has 0 bridgehead atoms. The topological polar surface area (TPSA) is 75.9 Å². The average molecular weight is 383 g/mol. The van der Waals surface area contributed by atoms with Crippen LogP contribution in [0.2, 0.25) is 5.02 Å². The van der Waals surface area contributed by atoms with E-state index >= 15 is 0 Å². The minimum atomic E-state index is 0.0921. The molecule has 1 N–H and O–H groups in total. The first kappa shape index (κ1) is 17.6. The summed E-state index contributed by atoms with van der Waals surface area (Å²) in [5, 5.41) is 3.92. The molecule has 1 aliphatic rings. The largest absolute Gasteiger partial charge is 0.339 e. The van der Waals surface area contributed by atoms with Crippen LogP contribution in [0.1, 0.15) is 0 Å². The monoisotopic (exact) mass is 382 g/mol. The Kier molecular flexibility index (Phi) is 5.13. The number of rotatable bonds is 4. The summed E-state index contributed by atoms with van der Waals surface area (Å²) in [7, 11) is 0. The standard InChI is InChI=1S/C19H19ClN6O/c20-16-3-1-14(2-4-16)18-23-11-15(12-24-18)19-22-7-10-26(19)13-17(27)25-8-5-21-6-9-25/h1-4,7,10-12,21H,5-6,8-9,13H2. The molecule has 0 atom stereocenters. The minimum Gasteiger partial charge on any atom is -0.339 e. The molecular formula is C19H19ClN6O. The van der Waals surface area contributed by atoms with Crippen molar-refractivity contribution in [3.8, 4) is 22.8 Å². The van der Waals surface area contributed by atoms with Gasteiger partial charge in [-0.1, -0.05) is 11.6 Å².